The fourth-order valence-corrected chi connectivity index (χ4v) is 4.68. The average molecular weight is 322 g/mol. The molecule has 0 radical (unpaired) electrons. The maximum absolute atomic E-state index is 4.86. The summed E-state index contributed by atoms with van der Waals surface area (Å²) in [7, 11) is 0. The van der Waals surface area contributed by atoms with Crippen molar-refractivity contribution in [2.75, 3.05) is 13.1 Å². The van der Waals surface area contributed by atoms with Crippen LogP contribution in [0.3, 0.4) is 0 Å². The molecule has 0 N–H and O–H groups in total. The predicted octanol–water partition coefficient (Wildman–Crippen LogP) is 5.24. The minimum absolute atomic E-state index is 0.507. The third kappa shape index (κ3) is 3.04. The fraction of sp³-hybridized carbons (Fsp3) is 0.350. The molecule has 1 atom stereocenters. The van der Waals surface area contributed by atoms with E-state index in [2.05, 4.69) is 66.4 Å². The van der Waals surface area contributed by atoms with Crippen LogP contribution in [0, 0.1) is 0 Å². The summed E-state index contributed by atoms with van der Waals surface area (Å²) in [5.74, 6) is 0.631. The summed E-state index contributed by atoms with van der Waals surface area (Å²) in [5.41, 5.74) is 2.58. The molecule has 0 bridgehead atoms. The zero-order valence-electron chi connectivity index (χ0n) is 13.5. The second-order valence-corrected chi connectivity index (χ2v) is 7.48. The number of nitrogens with zero attached hydrogens (tertiary/aromatic N) is 2. The van der Waals surface area contributed by atoms with Gasteiger partial charge in [-0.3, -0.25) is 4.90 Å². The second-order valence-electron chi connectivity index (χ2n) is 6.42. The third-order valence-corrected chi connectivity index (χ3v) is 6.22. The van der Waals surface area contributed by atoms with E-state index in [4.69, 9.17) is 4.98 Å². The molecule has 1 fully saturated rings. The Balaban J connectivity index is 1.44. The molecular formula is C20H22N2S. The molecule has 1 aromatic heterocycles. The minimum atomic E-state index is 0.507. The van der Waals surface area contributed by atoms with Crippen LogP contribution in [-0.2, 0) is 0 Å². The van der Waals surface area contributed by atoms with Crippen molar-refractivity contribution < 1.29 is 0 Å². The van der Waals surface area contributed by atoms with E-state index in [0.717, 1.165) is 18.6 Å². The quantitative estimate of drug-likeness (QED) is 0.656. The van der Waals surface area contributed by atoms with E-state index in [1.54, 1.807) is 0 Å². The van der Waals surface area contributed by atoms with Crippen LogP contribution in [0.1, 0.15) is 42.3 Å². The molecule has 118 valence electrons. The first kappa shape index (κ1) is 14.9. The molecule has 0 saturated carbocycles. The molecule has 1 saturated heterocycles. The number of benzene rings is 2. The Morgan fingerprint density at radius 2 is 1.70 bits per heavy atom. The summed E-state index contributed by atoms with van der Waals surface area (Å²) in [6.07, 6.45) is 2.44. The number of likely N-dealkylation sites (tertiary alicyclic amines) is 1. The minimum Gasteiger partial charge on any atom is -0.297 e. The van der Waals surface area contributed by atoms with Gasteiger partial charge >= 0.3 is 0 Å². The van der Waals surface area contributed by atoms with Crippen LogP contribution in [0.25, 0.3) is 10.2 Å². The van der Waals surface area contributed by atoms with Crippen molar-refractivity contribution in [3.63, 3.8) is 0 Å². The van der Waals surface area contributed by atoms with Gasteiger partial charge in [-0.25, -0.2) is 4.98 Å². The zero-order valence-corrected chi connectivity index (χ0v) is 14.3. The van der Waals surface area contributed by atoms with Gasteiger partial charge in [0, 0.05) is 12.0 Å². The molecule has 1 aliphatic heterocycles. The number of fused-ring (bicyclic) bond motifs is 1. The van der Waals surface area contributed by atoms with E-state index in [1.165, 1.54) is 28.1 Å². The maximum atomic E-state index is 4.86. The Kier molecular flexibility index (Phi) is 4.15. The van der Waals surface area contributed by atoms with Gasteiger partial charge in [-0.1, -0.05) is 42.5 Å². The SMILES string of the molecule is C[C@@H](c1ccccc1)N1CCC(c2nc3ccccc3s2)CC1. The summed E-state index contributed by atoms with van der Waals surface area (Å²) < 4.78 is 1.32. The Morgan fingerprint density at radius 1 is 1.00 bits per heavy atom. The molecule has 23 heavy (non-hydrogen) atoms. The number of para-hydroxylation sites is 1. The lowest BCUT2D eigenvalue weighted by molar-refractivity contribution is 0.162. The highest BCUT2D eigenvalue weighted by Gasteiger charge is 2.26. The normalized spacial score (nSPS) is 18.3. The highest BCUT2D eigenvalue weighted by Crippen LogP contribution is 2.35. The maximum Gasteiger partial charge on any atom is 0.0970 e. The van der Waals surface area contributed by atoms with Gasteiger partial charge in [-0.2, -0.15) is 0 Å². The smallest absolute Gasteiger partial charge is 0.0970 e. The van der Waals surface area contributed by atoms with Crippen LogP contribution < -0.4 is 0 Å². The van der Waals surface area contributed by atoms with Crippen molar-refractivity contribution in [3.05, 3.63) is 65.2 Å². The van der Waals surface area contributed by atoms with Crippen LogP contribution in [0.2, 0.25) is 0 Å². The Labute approximate surface area is 141 Å². The first-order valence-electron chi connectivity index (χ1n) is 8.46. The number of rotatable bonds is 3. The lowest BCUT2D eigenvalue weighted by Gasteiger charge is -2.35. The van der Waals surface area contributed by atoms with Gasteiger partial charge in [-0.05, 0) is 50.6 Å². The van der Waals surface area contributed by atoms with Crippen molar-refractivity contribution in [2.45, 2.75) is 31.7 Å². The second kappa shape index (κ2) is 6.42. The molecule has 4 rings (SSSR count). The fourth-order valence-electron chi connectivity index (χ4n) is 3.54. The Morgan fingerprint density at radius 3 is 2.43 bits per heavy atom. The van der Waals surface area contributed by atoms with Crippen molar-refractivity contribution in [3.8, 4) is 0 Å². The standard InChI is InChI=1S/C20H22N2S/c1-15(16-7-3-2-4-8-16)22-13-11-17(12-14-22)20-21-18-9-5-6-10-19(18)23-20/h2-10,15,17H,11-14H2,1H3/t15-/m0/s1. The van der Waals surface area contributed by atoms with E-state index in [1.807, 2.05) is 11.3 Å². The number of thiazole rings is 1. The van der Waals surface area contributed by atoms with Gasteiger partial charge in [0.05, 0.1) is 15.2 Å². The molecule has 1 aliphatic rings. The van der Waals surface area contributed by atoms with E-state index in [0.29, 0.717) is 12.0 Å². The molecule has 2 aromatic carbocycles. The molecule has 3 aromatic rings. The van der Waals surface area contributed by atoms with Crippen molar-refractivity contribution in [1.82, 2.24) is 9.88 Å². The van der Waals surface area contributed by atoms with Crippen molar-refractivity contribution >= 4 is 21.6 Å². The van der Waals surface area contributed by atoms with Crippen LogP contribution in [0.5, 0.6) is 0 Å². The van der Waals surface area contributed by atoms with Crippen LogP contribution in [0.4, 0.5) is 0 Å². The van der Waals surface area contributed by atoms with Gasteiger partial charge in [-0.15, -0.1) is 11.3 Å². The lowest BCUT2D eigenvalue weighted by atomic mass is 9.95. The van der Waals surface area contributed by atoms with Gasteiger partial charge in [0.15, 0.2) is 0 Å². The molecule has 2 nitrogen and oxygen atoms in total. The topological polar surface area (TPSA) is 16.1 Å². The predicted molar refractivity (Wildman–Crippen MR) is 98.0 cm³/mol. The van der Waals surface area contributed by atoms with E-state index >= 15 is 0 Å². The highest BCUT2D eigenvalue weighted by atomic mass is 32.1. The zero-order chi connectivity index (χ0) is 15.6. The molecule has 2 heterocycles. The Bertz CT molecular complexity index is 739. The molecule has 3 heteroatoms. The first-order chi connectivity index (χ1) is 11.3. The summed E-state index contributed by atoms with van der Waals surface area (Å²) >= 11 is 1.88. The van der Waals surface area contributed by atoms with Gasteiger partial charge in [0.1, 0.15) is 0 Å². The average Bonchev–Trinajstić information content (AvgIpc) is 3.06. The number of piperidine rings is 1. The Hall–Kier alpha value is -1.71. The van der Waals surface area contributed by atoms with Crippen molar-refractivity contribution in [1.29, 1.82) is 0 Å². The number of hydrogen-bond donors (Lipinski definition) is 0. The van der Waals surface area contributed by atoms with Gasteiger partial charge in [0.25, 0.3) is 0 Å². The van der Waals surface area contributed by atoms with Gasteiger partial charge < -0.3 is 0 Å². The molecule has 0 unspecified atom stereocenters. The number of hydrogen-bond acceptors (Lipinski definition) is 3. The highest BCUT2D eigenvalue weighted by molar-refractivity contribution is 7.18. The molecule has 0 spiro atoms. The molecular weight excluding hydrogens is 300 g/mol. The summed E-state index contributed by atoms with van der Waals surface area (Å²) in [5, 5.41) is 1.33. The largest absolute Gasteiger partial charge is 0.297 e. The number of aromatic nitrogens is 1. The monoisotopic (exact) mass is 322 g/mol. The summed E-state index contributed by atoms with van der Waals surface area (Å²) in [6, 6.07) is 19.9. The third-order valence-electron chi connectivity index (χ3n) is 5.02. The molecule has 0 aliphatic carbocycles. The van der Waals surface area contributed by atoms with E-state index in [9.17, 15) is 0 Å². The summed E-state index contributed by atoms with van der Waals surface area (Å²) in [6.45, 7) is 4.65. The van der Waals surface area contributed by atoms with Gasteiger partial charge in [0.2, 0.25) is 0 Å². The van der Waals surface area contributed by atoms with Crippen LogP contribution in [0.15, 0.2) is 54.6 Å². The molecule has 0 amide bonds. The van der Waals surface area contributed by atoms with E-state index < -0.39 is 0 Å². The van der Waals surface area contributed by atoms with Crippen LogP contribution in [-0.4, -0.2) is 23.0 Å². The summed E-state index contributed by atoms with van der Waals surface area (Å²) in [4.78, 5) is 7.47. The van der Waals surface area contributed by atoms with Crippen molar-refractivity contribution in [2.24, 2.45) is 0 Å². The lowest BCUT2D eigenvalue weighted by Crippen LogP contribution is -2.35. The first-order valence-corrected chi connectivity index (χ1v) is 9.27. The van der Waals surface area contributed by atoms with E-state index in [-0.39, 0.29) is 0 Å². The van der Waals surface area contributed by atoms with Crippen LogP contribution >= 0.6 is 11.3 Å².